The van der Waals surface area contributed by atoms with Gasteiger partial charge in [-0.2, -0.15) is 0 Å². The molecule has 1 N–H and O–H groups in total. The highest BCUT2D eigenvalue weighted by Crippen LogP contribution is 2.31. The lowest BCUT2D eigenvalue weighted by atomic mass is 9.95. The molecule has 0 aromatic carbocycles. The average Bonchev–Trinajstić information content (AvgIpc) is 2.03. The number of hydrogen-bond donors (Lipinski definition) is 1. The van der Waals surface area contributed by atoms with Gasteiger partial charge in [0.1, 0.15) is 5.92 Å². The molecule has 0 aromatic heterocycles. The second-order valence-electron chi connectivity index (χ2n) is 3.02. The molecule has 1 fully saturated rings. The van der Waals surface area contributed by atoms with E-state index in [1.54, 1.807) is 6.92 Å². The number of ether oxygens (including phenoxy) is 1. The van der Waals surface area contributed by atoms with Crippen LogP contribution in [0.5, 0.6) is 0 Å². The van der Waals surface area contributed by atoms with Gasteiger partial charge in [-0.25, -0.2) is 8.78 Å². The zero-order valence-electron chi connectivity index (χ0n) is 7.89. The highest BCUT2D eigenvalue weighted by molar-refractivity contribution is 5.85. The van der Waals surface area contributed by atoms with Gasteiger partial charge in [0.05, 0.1) is 6.61 Å². The van der Waals surface area contributed by atoms with Crippen molar-refractivity contribution < 1.29 is 18.3 Å². The summed E-state index contributed by atoms with van der Waals surface area (Å²) in [5.74, 6) is -5.04. The van der Waals surface area contributed by atoms with Gasteiger partial charge < -0.3 is 10.1 Å². The Bertz CT molecular complexity index is 202. The van der Waals surface area contributed by atoms with Crippen molar-refractivity contribution >= 4 is 18.4 Å². The average molecular weight is 230 g/mol. The molecule has 1 heterocycles. The highest BCUT2D eigenvalue weighted by atomic mass is 35.5. The van der Waals surface area contributed by atoms with Crippen LogP contribution in [0.3, 0.4) is 0 Å². The Kier molecular flexibility index (Phi) is 5.29. The summed E-state index contributed by atoms with van der Waals surface area (Å²) in [6.07, 6.45) is -0.295. The van der Waals surface area contributed by atoms with E-state index in [4.69, 9.17) is 0 Å². The molecular weight excluding hydrogens is 216 g/mol. The molecule has 14 heavy (non-hydrogen) atoms. The van der Waals surface area contributed by atoms with Crippen molar-refractivity contribution in [3.8, 4) is 0 Å². The van der Waals surface area contributed by atoms with Gasteiger partial charge in [-0.05, 0) is 6.92 Å². The van der Waals surface area contributed by atoms with Gasteiger partial charge in [0.15, 0.2) is 0 Å². The van der Waals surface area contributed by atoms with Crippen molar-refractivity contribution in [1.29, 1.82) is 0 Å². The first-order valence-corrected chi connectivity index (χ1v) is 4.33. The number of nitrogens with one attached hydrogen (secondary N) is 1. The fourth-order valence-electron chi connectivity index (χ4n) is 1.32. The molecule has 0 spiro atoms. The van der Waals surface area contributed by atoms with Gasteiger partial charge in [-0.15, -0.1) is 12.4 Å². The number of esters is 1. The Morgan fingerprint density at radius 1 is 1.64 bits per heavy atom. The minimum absolute atomic E-state index is 0. The van der Waals surface area contributed by atoms with E-state index in [-0.39, 0.29) is 38.5 Å². The minimum atomic E-state index is -2.92. The van der Waals surface area contributed by atoms with Gasteiger partial charge in [0, 0.05) is 19.5 Å². The zero-order valence-corrected chi connectivity index (χ0v) is 8.70. The summed E-state index contributed by atoms with van der Waals surface area (Å²) in [6.45, 7) is 2.01. The Balaban J connectivity index is 0.00000169. The third kappa shape index (κ3) is 3.06. The normalized spacial score (nSPS) is 24.9. The Hall–Kier alpha value is -0.420. The predicted octanol–water partition coefficient (Wildman–Crippen LogP) is 1.22. The predicted molar refractivity (Wildman–Crippen MR) is 49.8 cm³/mol. The van der Waals surface area contributed by atoms with Crippen LogP contribution in [0.1, 0.15) is 13.3 Å². The van der Waals surface area contributed by atoms with Crippen molar-refractivity contribution in [3.05, 3.63) is 0 Å². The molecule has 1 rings (SSSR count). The van der Waals surface area contributed by atoms with Crippen LogP contribution in [-0.4, -0.2) is 31.6 Å². The lowest BCUT2D eigenvalue weighted by Crippen LogP contribution is -2.48. The number of alkyl halides is 2. The van der Waals surface area contributed by atoms with E-state index in [1.165, 1.54) is 0 Å². The second-order valence-corrected chi connectivity index (χ2v) is 3.02. The van der Waals surface area contributed by atoms with E-state index in [0.29, 0.717) is 0 Å². The van der Waals surface area contributed by atoms with E-state index >= 15 is 0 Å². The largest absolute Gasteiger partial charge is 0.466 e. The molecule has 1 aliphatic heterocycles. The summed E-state index contributed by atoms with van der Waals surface area (Å²) in [5.41, 5.74) is 0. The molecule has 0 aromatic rings. The van der Waals surface area contributed by atoms with Gasteiger partial charge >= 0.3 is 5.97 Å². The third-order valence-electron chi connectivity index (χ3n) is 2.06. The molecule has 84 valence electrons. The molecule has 1 aliphatic rings. The number of rotatable bonds is 2. The standard InChI is InChI=1S/C8H13F2NO2.ClH/c1-2-13-7(12)6-5-11-4-3-8(6,9)10;/h6,11H,2-5H2,1H3;1H. The summed E-state index contributed by atoms with van der Waals surface area (Å²) in [4.78, 5) is 11.1. The first kappa shape index (κ1) is 13.6. The zero-order chi connectivity index (χ0) is 9.90. The molecule has 0 amide bonds. The van der Waals surface area contributed by atoms with Crippen molar-refractivity contribution in [2.45, 2.75) is 19.3 Å². The fourth-order valence-corrected chi connectivity index (χ4v) is 1.32. The molecule has 0 radical (unpaired) electrons. The van der Waals surface area contributed by atoms with Crippen molar-refractivity contribution in [3.63, 3.8) is 0 Å². The minimum Gasteiger partial charge on any atom is -0.466 e. The first-order chi connectivity index (χ1) is 6.08. The van der Waals surface area contributed by atoms with Crippen LogP contribution in [0.25, 0.3) is 0 Å². The molecule has 0 saturated carbocycles. The topological polar surface area (TPSA) is 38.3 Å². The van der Waals surface area contributed by atoms with E-state index in [2.05, 4.69) is 10.1 Å². The Morgan fingerprint density at radius 2 is 2.29 bits per heavy atom. The van der Waals surface area contributed by atoms with Crippen molar-refractivity contribution in [1.82, 2.24) is 5.32 Å². The summed E-state index contributed by atoms with van der Waals surface area (Å²) in [6, 6.07) is 0. The van der Waals surface area contributed by atoms with Crippen LogP contribution in [0.4, 0.5) is 8.78 Å². The van der Waals surface area contributed by atoms with Crippen LogP contribution in [0.2, 0.25) is 0 Å². The fraction of sp³-hybridized carbons (Fsp3) is 0.875. The Labute approximate surface area is 87.6 Å². The van der Waals surface area contributed by atoms with E-state index < -0.39 is 17.8 Å². The number of halogens is 3. The van der Waals surface area contributed by atoms with Crippen LogP contribution < -0.4 is 5.32 Å². The summed E-state index contributed by atoms with van der Waals surface area (Å²) < 4.78 is 30.8. The molecule has 1 saturated heterocycles. The smallest absolute Gasteiger partial charge is 0.316 e. The molecule has 0 bridgehead atoms. The van der Waals surface area contributed by atoms with Crippen molar-refractivity contribution in [2.24, 2.45) is 5.92 Å². The summed E-state index contributed by atoms with van der Waals surface area (Å²) in [5, 5.41) is 2.75. The third-order valence-corrected chi connectivity index (χ3v) is 2.06. The van der Waals surface area contributed by atoms with Gasteiger partial charge in [0.25, 0.3) is 5.92 Å². The molecule has 6 heteroatoms. The van der Waals surface area contributed by atoms with Gasteiger partial charge in [-0.3, -0.25) is 4.79 Å². The van der Waals surface area contributed by atoms with Crippen LogP contribution in [0, 0.1) is 5.92 Å². The molecule has 1 unspecified atom stereocenters. The van der Waals surface area contributed by atoms with E-state index in [9.17, 15) is 13.6 Å². The summed E-state index contributed by atoms with van der Waals surface area (Å²) >= 11 is 0. The van der Waals surface area contributed by atoms with Crippen LogP contribution in [0.15, 0.2) is 0 Å². The lowest BCUT2D eigenvalue weighted by molar-refractivity contribution is -0.166. The maximum Gasteiger partial charge on any atom is 0.316 e. The first-order valence-electron chi connectivity index (χ1n) is 4.33. The molecule has 3 nitrogen and oxygen atoms in total. The van der Waals surface area contributed by atoms with Crippen molar-refractivity contribution in [2.75, 3.05) is 19.7 Å². The van der Waals surface area contributed by atoms with Gasteiger partial charge in [0.2, 0.25) is 0 Å². The SMILES string of the molecule is CCOC(=O)C1CNCCC1(F)F.Cl. The molecular formula is C8H14ClF2NO2. The number of carbonyl (C=O) groups is 1. The number of carbonyl (C=O) groups excluding carboxylic acids is 1. The van der Waals surface area contributed by atoms with Crippen LogP contribution in [-0.2, 0) is 9.53 Å². The summed E-state index contributed by atoms with van der Waals surface area (Å²) in [7, 11) is 0. The monoisotopic (exact) mass is 229 g/mol. The van der Waals surface area contributed by atoms with E-state index in [0.717, 1.165) is 0 Å². The quantitative estimate of drug-likeness (QED) is 0.724. The molecule has 0 aliphatic carbocycles. The number of piperidine rings is 1. The number of hydrogen-bond acceptors (Lipinski definition) is 3. The Morgan fingerprint density at radius 3 is 2.79 bits per heavy atom. The molecule has 1 atom stereocenters. The maximum atomic E-state index is 13.1. The highest BCUT2D eigenvalue weighted by Gasteiger charge is 2.46. The van der Waals surface area contributed by atoms with Crippen LogP contribution >= 0.6 is 12.4 Å². The lowest BCUT2D eigenvalue weighted by Gasteiger charge is -2.29. The van der Waals surface area contributed by atoms with E-state index in [1.807, 2.05) is 0 Å². The second kappa shape index (κ2) is 5.46. The van der Waals surface area contributed by atoms with Gasteiger partial charge in [-0.1, -0.05) is 0 Å². The maximum absolute atomic E-state index is 13.1.